The average Bonchev–Trinajstić information content (AvgIpc) is 2.59. The van der Waals surface area contributed by atoms with Crippen LogP contribution in [0.2, 0.25) is 0 Å². The summed E-state index contributed by atoms with van der Waals surface area (Å²) in [5, 5.41) is 7.12. The number of benzene rings is 1. The first kappa shape index (κ1) is 22.0. The molecule has 0 saturated carbocycles. The summed E-state index contributed by atoms with van der Waals surface area (Å²) in [5.41, 5.74) is 5.49. The summed E-state index contributed by atoms with van der Waals surface area (Å²) in [6.07, 6.45) is -5.08. The number of carboxylic acids is 1. The van der Waals surface area contributed by atoms with E-state index in [9.17, 15) is 27.6 Å². The largest absolute Gasteiger partial charge is 0.490 e. The van der Waals surface area contributed by atoms with E-state index in [0.29, 0.717) is 0 Å². The van der Waals surface area contributed by atoms with Crippen LogP contribution in [0.15, 0.2) is 18.2 Å². The Labute approximate surface area is 148 Å². The van der Waals surface area contributed by atoms with Crippen LogP contribution < -0.4 is 15.2 Å². The number of alkyl halides is 3. The number of fused-ring (bicyclic) bond motifs is 1. The van der Waals surface area contributed by atoms with Gasteiger partial charge in [-0.1, -0.05) is 0 Å². The van der Waals surface area contributed by atoms with Crippen molar-refractivity contribution < 1.29 is 56.7 Å². The van der Waals surface area contributed by atoms with E-state index in [1.807, 2.05) is 0 Å². The zero-order valence-corrected chi connectivity index (χ0v) is 13.3. The Balaban J connectivity index is 0.000000445. The van der Waals surface area contributed by atoms with E-state index < -0.39 is 37.3 Å². The van der Waals surface area contributed by atoms with Crippen molar-refractivity contribution in [3.8, 4) is 11.5 Å². The zero-order chi connectivity index (χ0) is 20.6. The van der Waals surface area contributed by atoms with Gasteiger partial charge in [0.15, 0.2) is 30.5 Å². The first-order valence-corrected chi connectivity index (χ1v) is 6.87. The number of halogens is 3. The van der Waals surface area contributed by atoms with Crippen LogP contribution in [0.4, 0.5) is 13.2 Å². The summed E-state index contributed by atoms with van der Waals surface area (Å²) in [6.45, 7) is -1.17. The van der Waals surface area contributed by atoms with Gasteiger partial charge < -0.3 is 20.3 Å². The molecule has 2 rings (SSSR count). The molecule has 0 aromatic heterocycles. The van der Waals surface area contributed by atoms with Gasteiger partial charge in [0, 0.05) is 5.56 Å². The fourth-order valence-electron chi connectivity index (χ4n) is 1.45. The smallest absolute Gasteiger partial charge is 0.475 e. The van der Waals surface area contributed by atoms with E-state index in [4.69, 9.17) is 25.1 Å². The number of nitrogens with two attached hydrogens (primary N) is 1. The van der Waals surface area contributed by atoms with Crippen LogP contribution >= 0.6 is 0 Å². The molecule has 10 nitrogen and oxygen atoms in total. The van der Waals surface area contributed by atoms with E-state index in [2.05, 4.69) is 9.78 Å². The summed E-state index contributed by atoms with van der Waals surface area (Å²) in [4.78, 5) is 52.1. The fourth-order valence-corrected chi connectivity index (χ4v) is 1.45. The Morgan fingerprint density at radius 3 is 1.96 bits per heavy atom. The van der Waals surface area contributed by atoms with Crippen molar-refractivity contribution in [2.45, 2.75) is 6.18 Å². The SMILES string of the molecule is NCC(=O)c1ccc2c(c1)OC(=O)COOCC(=O)O2.O=C(O)C(F)(F)F. The van der Waals surface area contributed by atoms with E-state index in [1.165, 1.54) is 18.2 Å². The summed E-state index contributed by atoms with van der Waals surface area (Å²) >= 11 is 0. The lowest BCUT2D eigenvalue weighted by molar-refractivity contribution is -0.289. The Morgan fingerprint density at radius 1 is 1.04 bits per heavy atom. The fraction of sp³-hybridized carbons (Fsp3) is 0.286. The number of carbonyl (C=O) groups excluding carboxylic acids is 3. The molecule has 0 radical (unpaired) electrons. The van der Waals surface area contributed by atoms with Gasteiger partial charge in [0.2, 0.25) is 0 Å². The van der Waals surface area contributed by atoms with Crippen LogP contribution in [0.5, 0.6) is 11.5 Å². The number of carbonyl (C=O) groups is 4. The number of aliphatic carboxylic acids is 1. The number of carboxylic acid groups (broad SMARTS) is 1. The van der Waals surface area contributed by atoms with Crippen molar-refractivity contribution >= 4 is 23.7 Å². The minimum Gasteiger partial charge on any atom is -0.475 e. The highest BCUT2D eigenvalue weighted by Crippen LogP contribution is 2.29. The lowest BCUT2D eigenvalue weighted by Crippen LogP contribution is -2.23. The second-order valence-corrected chi connectivity index (χ2v) is 4.56. The average molecular weight is 395 g/mol. The van der Waals surface area contributed by atoms with Gasteiger partial charge in [0.1, 0.15) is 0 Å². The molecule has 1 aliphatic rings. The summed E-state index contributed by atoms with van der Waals surface area (Å²) in [6, 6.07) is 4.03. The van der Waals surface area contributed by atoms with Gasteiger partial charge in [-0.15, -0.1) is 0 Å². The lowest BCUT2D eigenvalue weighted by Gasteiger charge is -2.13. The Bertz CT molecular complexity index is 733. The number of Topliss-reactive ketones (excluding diaryl/α,β-unsaturated/α-hetero) is 1. The van der Waals surface area contributed by atoms with Crippen LogP contribution in [-0.4, -0.2) is 54.7 Å². The summed E-state index contributed by atoms with van der Waals surface area (Å²) in [7, 11) is 0. The molecule has 0 unspecified atom stereocenters. The zero-order valence-electron chi connectivity index (χ0n) is 13.3. The molecule has 0 fully saturated rings. The highest BCUT2D eigenvalue weighted by molar-refractivity contribution is 5.98. The van der Waals surface area contributed by atoms with Gasteiger partial charge in [-0.2, -0.15) is 13.2 Å². The number of esters is 2. The first-order valence-electron chi connectivity index (χ1n) is 6.87. The molecular weight excluding hydrogens is 383 g/mol. The van der Waals surface area contributed by atoms with Gasteiger partial charge in [-0.3, -0.25) is 4.79 Å². The maximum atomic E-state index is 11.5. The summed E-state index contributed by atoms with van der Waals surface area (Å²) < 4.78 is 41.6. The number of ether oxygens (including phenoxy) is 2. The number of ketones is 1. The molecule has 1 aliphatic heterocycles. The molecule has 1 aromatic rings. The van der Waals surface area contributed by atoms with E-state index in [0.717, 1.165) is 0 Å². The van der Waals surface area contributed by atoms with Gasteiger partial charge in [-0.25, -0.2) is 24.2 Å². The van der Waals surface area contributed by atoms with Crippen molar-refractivity contribution in [2.24, 2.45) is 5.73 Å². The highest BCUT2D eigenvalue weighted by atomic mass is 19.4. The quantitative estimate of drug-likeness (QED) is 0.308. The lowest BCUT2D eigenvalue weighted by atomic mass is 10.1. The predicted molar refractivity (Wildman–Crippen MR) is 76.7 cm³/mol. The van der Waals surface area contributed by atoms with E-state index in [-0.39, 0.29) is 29.4 Å². The normalized spacial score (nSPS) is 14.7. The minimum atomic E-state index is -5.08. The van der Waals surface area contributed by atoms with Crippen molar-refractivity contribution in [1.29, 1.82) is 0 Å². The van der Waals surface area contributed by atoms with Gasteiger partial charge in [0.25, 0.3) is 0 Å². The third-order valence-corrected chi connectivity index (χ3v) is 2.58. The molecule has 0 spiro atoms. The highest BCUT2D eigenvalue weighted by Gasteiger charge is 2.38. The molecule has 0 amide bonds. The molecule has 3 N–H and O–H groups in total. The van der Waals surface area contributed by atoms with Crippen LogP contribution in [0.1, 0.15) is 10.4 Å². The molecule has 1 aromatic carbocycles. The Hall–Kier alpha value is -3.03. The second kappa shape index (κ2) is 9.61. The van der Waals surface area contributed by atoms with Gasteiger partial charge >= 0.3 is 24.1 Å². The predicted octanol–water partition coefficient (Wildman–Crippen LogP) is 0.234. The summed E-state index contributed by atoms with van der Waals surface area (Å²) in [5.74, 6) is -4.65. The van der Waals surface area contributed by atoms with Crippen molar-refractivity contribution in [2.75, 3.05) is 19.8 Å². The molecular formula is C14H12F3NO9. The molecule has 0 atom stereocenters. The Kier molecular flexibility index (Phi) is 7.83. The van der Waals surface area contributed by atoms with Crippen LogP contribution in [0, 0.1) is 0 Å². The maximum absolute atomic E-state index is 11.5. The molecule has 27 heavy (non-hydrogen) atoms. The van der Waals surface area contributed by atoms with E-state index >= 15 is 0 Å². The maximum Gasteiger partial charge on any atom is 0.490 e. The number of hydrogen-bond acceptors (Lipinski definition) is 9. The van der Waals surface area contributed by atoms with Crippen LogP contribution in [-0.2, 0) is 24.2 Å². The third-order valence-electron chi connectivity index (χ3n) is 2.58. The van der Waals surface area contributed by atoms with Crippen LogP contribution in [0.25, 0.3) is 0 Å². The number of rotatable bonds is 2. The molecule has 148 valence electrons. The molecule has 0 aliphatic carbocycles. The van der Waals surface area contributed by atoms with Crippen molar-refractivity contribution in [3.63, 3.8) is 0 Å². The molecule has 0 saturated heterocycles. The molecule has 0 bridgehead atoms. The molecule has 1 heterocycles. The van der Waals surface area contributed by atoms with Crippen LogP contribution in [0.3, 0.4) is 0 Å². The second-order valence-electron chi connectivity index (χ2n) is 4.56. The number of hydrogen-bond donors (Lipinski definition) is 2. The standard InChI is InChI=1S/C12H11NO7.C2HF3O2/c13-4-8(14)7-1-2-9-10(3-7)20-12(16)6-18-17-5-11(15)19-9;3-2(4,5)1(6)7/h1-3H,4-6,13H2;(H,6,7). The Morgan fingerprint density at radius 2 is 1.52 bits per heavy atom. The van der Waals surface area contributed by atoms with Crippen molar-refractivity contribution in [1.82, 2.24) is 0 Å². The van der Waals surface area contributed by atoms with E-state index in [1.54, 1.807) is 0 Å². The third kappa shape index (κ3) is 7.39. The van der Waals surface area contributed by atoms with Gasteiger partial charge in [0.05, 0.1) is 6.54 Å². The monoisotopic (exact) mass is 395 g/mol. The minimum absolute atomic E-state index is 0.00224. The first-order chi connectivity index (χ1) is 12.5. The van der Waals surface area contributed by atoms with Gasteiger partial charge in [-0.05, 0) is 18.2 Å². The van der Waals surface area contributed by atoms with Crippen molar-refractivity contribution in [3.05, 3.63) is 23.8 Å². The molecule has 13 heteroatoms. The topological polar surface area (TPSA) is 151 Å².